The zero-order valence-electron chi connectivity index (χ0n) is 36.4. The lowest BCUT2D eigenvalue weighted by Gasteiger charge is -2.59. The molecule has 64 heavy (non-hydrogen) atoms. The second-order valence-corrected chi connectivity index (χ2v) is 16.1. The van der Waals surface area contributed by atoms with Crippen molar-refractivity contribution in [3.63, 3.8) is 0 Å². The van der Waals surface area contributed by atoms with Gasteiger partial charge in [-0.15, -0.1) is 6.58 Å². The van der Waals surface area contributed by atoms with Crippen molar-refractivity contribution in [3.8, 4) is 11.5 Å². The van der Waals surface area contributed by atoms with Gasteiger partial charge in [-0.2, -0.15) is 0 Å². The number of unbranched alkanes of at least 4 members (excludes halogenated alkanes) is 2. The standard InChI is InChI=1S/C48H60FN3O12/c1-3-25-62-48-44(51(47(56)60-4-2)21-26-59-27-24-55)30-42(50-63-31-33-15-17-36(18-16-33)52(57)58)39-28-34(11-7-9-22-53)38(13-8-10-23-54)45(46(39)48)40-29-37(19-20-43(40)64-48)61-32-35-12-5-6-14-41(35)49/h3,5-6,12,14-20,28-29,34,38,44-46,53-55H,1,4,7-11,13,21-27,30-32H2,2H3. The number of aliphatic hydroxyl groups excluding tert-OH is 3. The van der Waals surface area contributed by atoms with E-state index in [-0.39, 0.29) is 102 Å². The van der Waals surface area contributed by atoms with Crippen molar-refractivity contribution in [2.24, 2.45) is 22.9 Å². The van der Waals surface area contributed by atoms with Gasteiger partial charge in [-0.05, 0) is 92.0 Å². The minimum Gasteiger partial charge on any atom is -0.489 e. The molecular weight excluding hydrogens is 830 g/mol. The molecular formula is C48H60FN3O12. The van der Waals surface area contributed by atoms with E-state index >= 15 is 0 Å². The Morgan fingerprint density at radius 3 is 2.48 bits per heavy atom. The average molecular weight is 890 g/mol. The molecule has 3 aromatic rings. The van der Waals surface area contributed by atoms with Gasteiger partial charge in [0.2, 0.25) is 5.79 Å². The van der Waals surface area contributed by atoms with Crippen LogP contribution in [0.1, 0.15) is 74.5 Å². The summed E-state index contributed by atoms with van der Waals surface area (Å²) in [7, 11) is 0. The second-order valence-electron chi connectivity index (χ2n) is 16.1. The molecule has 1 aliphatic heterocycles. The number of fused-ring (bicyclic) bond motifs is 2. The molecule has 0 saturated heterocycles. The summed E-state index contributed by atoms with van der Waals surface area (Å²) in [5.74, 6) is -2.06. The number of nitrogens with zero attached hydrogens (tertiary/aromatic N) is 3. The Morgan fingerprint density at radius 1 is 1.02 bits per heavy atom. The number of hydrogen-bond donors (Lipinski definition) is 3. The molecule has 2 aliphatic carbocycles. The molecule has 1 amide bonds. The van der Waals surface area contributed by atoms with Crippen molar-refractivity contribution < 1.29 is 57.9 Å². The number of halogens is 1. The van der Waals surface area contributed by atoms with Gasteiger partial charge in [0.25, 0.3) is 5.69 Å². The molecule has 1 saturated carbocycles. The molecule has 0 radical (unpaired) electrons. The minimum absolute atomic E-state index is 0.00596. The normalized spacial score (nSPS) is 22.7. The average Bonchev–Trinajstić information content (AvgIpc) is 3.30. The Kier molecular flexibility index (Phi) is 17.7. The van der Waals surface area contributed by atoms with Crippen molar-refractivity contribution in [3.05, 3.63) is 124 Å². The Morgan fingerprint density at radius 2 is 1.78 bits per heavy atom. The third-order valence-electron chi connectivity index (χ3n) is 12.1. The molecule has 0 bridgehead atoms. The van der Waals surface area contributed by atoms with Gasteiger partial charge in [0.1, 0.15) is 36.6 Å². The molecule has 3 aromatic carbocycles. The van der Waals surface area contributed by atoms with E-state index in [1.54, 1.807) is 49.4 Å². The predicted molar refractivity (Wildman–Crippen MR) is 235 cm³/mol. The molecule has 6 unspecified atom stereocenters. The van der Waals surface area contributed by atoms with Crippen LogP contribution in [0.4, 0.5) is 14.9 Å². The van der Waals surface area contributed by atoms with Crippen LogP contribution in [0.15, 0.2) is 96.2 Å². The summed E-state index contributed by atoms with van der Waals surface area (Å²) >= 11 is 0. The molecule has 3 N–H and O–H groups in total. The highest BCUT2D eigenvalue weighted by Gasteiger charge is 2.65. The summed E-state index contributed by atoms with van der Waals surface area (Å²) < 4.78 is 46.6. The van der Waals surface area contributed by atoms with Crippen molar-refractivity contribution >= 4 is 17.5 Å². The summed E-state index contributed by atoms with van der Waals surface area (Å²) in [5, 5.41) is 45.5. The quantitative estimate of drug-likeness (QED) is 0.0327. The third-order valence-corrected chi connectivity index (χ3v) is 12.1. The second kappa shape index (κ2) is 23.5. The van der Waals surface area contributed by atoms with E-state index in [4.69, 9.17) is 33.7 Å². The van der Waals surface area contributed by atoms with Gasteiger partial charge in [0.05, 0.1) is 49.6 Å². The van der Waals surface area contributed by atoms with E-state index in [0.717, 1.165) is 24.0 Å². The lowest BCUT2D eigenvalue weighted by molar-refractivity contribution is -0.384. The summed E-state index contributed by atoms with van der Waals surface area (Å²) in [4.78, 5) is 32.7. The highest BCUT2D eigenvalue weighted by Crippen LogP contribution is 2.62. The van der Waals surface area contributed by atoms with Crippen LogP contribution in [0.3, 0.4) is 0 Å². The van der Waals surface area contributed by atoms with Gasteiger partial charge in [-0.1, -0.05) is 48.3 Å². The first-order valence-corrected chi connectivity index (χ1v) is 22.1. The fourth-order valence-electron chi connectivity index (χ4n) is 9.32. The number of rotatable bonds is 25. The van der Waals surface area contributed by atoms with Gasteiger partial charge in [-0.25, -0.2) is 9.18 Å². The Labute approximate surface area is 373 Å². The van der Waals surface area contributed by atoms with Crippen LogP contribution in [0, 0.1) is 33.7 Å². The monoisotopic (exact) mass is 889 g/mol. The number of ether oxygens (including phenoxy) is 5. The summed E-state index contributed by atoms with van der Waals surface area (Å²) in [6.07, 6.45) is 7.35. The first kappa shape index (κ1) is 48.1. The Balaban J connectivity index is 1.55. The van der Waals surface area contributed by atoms with Crippen molar-refractivity contribution in [1.82, 2.24) is 4.90 Å². The van der Waals surface area contributed by atoms with Gasteiger partial charge in [-0.3, -0.25) is 15.0 Å². The highest BCUT2D eigenvalue weighted by molar-refractivity contribution is 6.03. The SMILES string of the molecule is C=CCOC12Oc3ccc(OCc4ccccc4F)cc3C3C(CCCCO)C(CCCCO)C=C(C(=NOCc4ccc([N+](=O)[O-])cc4)CC1N(CCOCCO)C(=O)OCC)C32. The first-order valence-electron chi connectivity index (χ1n) is 22.1. The Bertz CT molecular complexity index is 2080. The third kappa shape index (κ3) is 11.3. The maximum absolute atomic E-state index is 14.8. The van der Waals surface area contributed by atoms with E-state index in [0.29, 0.717) is 54.0 Å². The molecule has 1 fully saturated rings. The molecule has 15 nitrogen and oxygen atoms in total. The van der Waals surface area contributed by atoms with Gasteiger partial charge in [0.15, 0.2) is 0 Å². The maximum Gasteiger partial charge on any atom is 0.410 e. The molecule has 3 aliphatic rings. The highest BCUT2D eigenvalue weighted by atomic mass is 19.1. The number of nitro groups is 1. The van der Waals surface area contributed by atoms with Crippen LogP contribution in [-0.4, -0.2) is 102 Å². The largest absolute Gasteiger partial charge is 0.489 e. The molecule has 6 rings (SSSR count). The van der Waals surface area contributed by atoms with Crippen LogP contribution in [0.25, 0.3) is 0 Å². The summed E-state index contributed by atoms with van der Waals surface area (Å²) in [5.41, 5.74) is 3.14. The number of hydrogen-bond acceptors (Lipinski definition) is 13. The van der Waals surface area contributed by atoms with E-state index in [1.165, 1.54) is 23.1 Å². The van der Waals surface area contributed by atoms with Gasteiger partial charge >= 0.3 is 6.09 Å². The van der Waals surface area contributed by atoms with Crippen molar-refractivity contribution in [1.29, 1.82) is 0 Å². The lowest BCUT2D eigenvalue weighted by atomic mass is 9.55. The summed E-state index contributed by atoms with van der Waals surface area (Å²) in [6.45, 7) is 5.80. The smallest absolute Gasteiger partial charge is 0.410 e. The van der Waals surface area contributed by atoms with E-state index in [1.807, 2.05) is 12.1 Å². The molecule has 346 valence electrons. The predicted octanol–water partition coefficient (Wildman–Crippen LogP) is 7.61. The van der Waals surface area contributed by atoms with Crippen molar-refractivity contribution in [2.75, 3.05) is 52.8 Å². The minimum atomic E-state index is -1.57. The molecule has 0 aromatic heterocycles. The number of allylic oxidation sites excluding steroid dienone is 1. The van der Waals surface area contributed by atoms with Gasteiger partial charge < -0.3 is 43.8 Å². The fraction of sp³-hybridized carbons (Fsp3) is 0.500. The number of aliphatic hydroxyl groups is 3. The van der Waals surface area contributed by atoms with Crippen molar-refractivity contribution in [2.45, 2.75) is 82.8 Å². The van der Waals surface area contributed by atoms with Crippen LogP contribution >= 0.6 is 0 Å². The molecule has 6 atom stereocenters. The van der Waals surface area contributed by atoms with Crippen LogP contribution in [-0.2, 0) is 32.3 Å². The van der Waals surface area contributed by atoms with Gasteiger partial charge in [0, 0.05) is 55.4 Å². The Hall–Kier alpha value is -5.39. The zero-order valence-corrected chi connectivity index (χ0v) is 36.4. The van der Waals surface area contributed by atoms with E-state index < -0.39 is 28.8 Å². The number of non-ortho nitro benzene ring substituents is 1. The van der Waals surface area contributed by atoms with E-state index in [2.05, 4.69) is 12.7 Å². The topological polar surface area (TPSA) is 192 Å². The molecule has 16 heteroatoms. The van der Waals surface area contributed by atoms with E-state index in [9.17, 15) is 34.6 Å². The summed E-state index contributed by atoms with van der Waals surface area (Å²) in [6, 6.07) is 17.1. The number of nitro benzene ring substituents is 1. The van der Waals surface area contributed by atoms with Crippen LogP contribution in [0.5, 0.6) is 11.5 Å². The number of amides is 1. The maximum atomic E-state index is 14.8. The molecule has 0 spiro atoms. The van der Waals surface area contributed by atoms with Crippen LogP contribution < -0.4 is 9.47 Å². The van der Waals surface area contributed by atoms with Crippen LogP contribution in [0.2, 0.25) is 0 Å². The number of benzene rings is 3. The zero-order chi connectivity index (χ0) is 45.5. The number of oxime groups is 1. The first-order chi connectivity index (χ1) is 31.2. The number of carbonyl (C=O) groups excluding carboxylic acids is 1. The lowest BCUT2D eigenvalue weighted by Crippen LogP contribution is -2.70. The molecule has 1 heterocycles. The fourth-order valence-corrected chi connectivity index (χ4v) is 9.32. The number of carbonyl (C=O) groups is 1.